The second-order valence-corrected chi connectivity index (χ2v) is 6.64. The zero-order chi connectivity index (χ0) is 21.8. The Kier molecular flexibility index (Phi) is 5.39. The molecule has 0 fully saturated rings. The molecule has 0 atom stereocenters. The van der Waals surface area contributed by atoms with E-state index in [9.17, 15) is 20.0 Å². The Labute approximate surface area is 176 Å². The lowest BCUT2D eigenvalue weighted by molar-refractivity contribution is -0.384. The van der Waals surface area contributed by atoms with Gasteiger partial charge >= 0.3 is 0 Å². The van der Waals surface area contributed by atoms with Gasteiger partial charge in [-0.05, 0) is 24.3 Å². The fraction of sp³-hybridized carbons (Fsp3) is 0.0455. The molecule has 4 aromatic rings. The number of hydrogen-bond donors (Lipinski definition) is 2. The van der Waals surface area contributed by atoms with Gasteiger partial charge in [-0.25, -0.2) is 0 Å². The summed E-state index contributed by atoms with van der Waals surface area (Å²) < 4.78 is 1.42. The van der Waals surface area contributed by atoms with Crippen molar-refractivity contribution in [1.29, 1.82) is 0 Å². The molecule has 0 spiro atoms. The van der Waals surface area contributed by atoms with Gasteiger partial charge in [0, 0.05) is 17.1 Å². The van der Waals surface area contributed by atoms with Crippen LogP contribution in [0.2, 0.25) is 0 Å². The molecule has 2 N–H and O–H groups in total. The molecule has 1 amide bonds. The molecule has 0 aliphatic carbocycles. The van der Waals surface area contributed by atoms with E-state index in [-0.39, 0.29) is 35.4 Å². The molecule has 0 saturated carbocycles. The summed E-state index contributed by atoms with van der Waals surface area (Å²) in [6, 6.07) is 21.9. The van der Waals surface area contributed by atoms with Crippen LogP contribution >= 0.6 is 0 Å². The molecule has 0 bridgehead atoms. The van der Waals surface area contributed by atoms with Crippen molar-refractivity contribution in [2.24, 2.45) is 10.2 Å². The third-order valence-electron chi connectivity index (χ3n) is 4.61. The smallest absolute Gasteiger partial charge is 0.296 e. The third kappa shape index (κ3) is 4.10. The maximum Gasteiger partial charge on any atom is 0.296 e. The quantitative estimate of drug-likeness (QED) is 0.252. The topological polar surface area (TPSA) is 122 Å². The first kappa shape index (κ1) is 19.8. The largest absolute Gasteiger partial charge is 0.493 e. The van der Waals surface area contributed by atoms with Crippen molar-refractivity contribution >= 4 is 39.6 Å². The molecule has 0 aliphatic heterocycles. The molecular formula is C22H17N5O4. The minimum absolute atomic E-state index is 0.0607. The Morgan fingerprint density at radius 3 is 2.42 bits per heavy atom. The SMILES string of the molecule is O=C(Cn1c(O)c(N=Nc2ccccc2[N+](=O)[O-])c2ccccc21)Nc1ccccc1. The Bertz CT molecular complexity index is 1300. The standard InChI is InChI=1S/C22H17N5O4/c28-20(23-15-8-2-1-3-9-15)14-26-18-12-6-4-10-16(18)21(22(26)29)25-24-17-11-5-7-13-19(17)27(30)31/h1-13,29H,14H2,(H,23,28). The lowest BCUT2D eigenvalue weighted by Crippen LogP contribution is -2.18. The fourth-order valence-electron chi connectivity index (χ4n) is 3.20. The molecule has 0 saturated heterocycles. The zero-order valence-electron chi connectivity index (χ0n) is 16.2. The Balaban J connectivity index is 1.69. The fourth-order valence-corrected chi connectivity index (χ4v) is 3.20. The van der Waals surface area contributed by atoms with Gasteiger partial charge in [0.15, 0.2) is 11.4 Å². The van der Waals surface area contributed by atoms with Crippen LogP contribution in [0.4, 0.5) is 22.7 Å². The molecule has 4 rings (SSSR count). The van der Waals surface area contributed by atoms with Crippen molar-refractivity contribution in [3.63, 3.8) is 0 Å². The van der Waals surface area contributed by atoms with E-state index in [1.807, 2.05) is 6.07 Å². The van der Waals surface area contributed by atoms with E-state index in [1.54, 1.807) is 54.6 Å². The molecule has 154 valence electrons. The molecule has 1 heterocycles. The van der Waals surface area contributed by atoms with Crippen LogP contribution in [0.5, 0.6) is 5.88 Å². The van der Waals surface area contributed by atoms with E-state index in [0.29, 0.717) is 16.6 Å². The number of nitro groups is 1. The number of azo groups is 1. The Hall–Kier alpha value is -4.53. The molecule has 0 aliphatic rings. The Morgan fingerprint density at radius 2 is 1.65 bits per heavy atom. The summed E-state index contributed by atoms with van der Waals surface area (Å²) in [7, 11) is 0. The lowest BCUT2D eigenvalue weighted by atomic mass is 10.2. The van der Waals surface area contributed by atoms with Crippen molar-refractivity contribution in [3.8, 4) is 5.88 Å². The first-order valence-electron chi connectivity index (χ1n) is 9.35. The number of nitrogens with one attached hydrogen (secondary N) is 1. The molecule has 0 radical (unpaired) electrons. The van der Waals surface area contributed by atoms with Crippen LogP contribution in [0.25, 0.3) is 10.9 Å². The van der Waals surface area contributed by atoms with Crippen molar-refractivity contribution in [1.82, 2.24) is 4.57 Å². The number of aromatic nitrogens is 1. The van der Waals surface area contributed by atoms with E-state index >= 15 is 0 Å². The van der Waals surface area contributed by atoms with Crippen molar-refractivity contribution in [3.05, 3.63) is 89.0 Å². The summed E-state index contributed by atoms with van der Waals surface area (Å²) in [6.07, 6.45) is 0. The number of carbonyl (C=O) groups is 1. The predicted octanol–water partition coefficient (Wildman–Crippen LogP) is 5.31. The van der Waals surface area contributed by atoms with Crippen LogP contribution in [-0.2, 0) is 11.3 Å². The highest BCUT2D eigenvalue weighted by atomic mass is 16.6. The van der Waals surface area contributed by atoms with Gasteiger partial charge in [0.1, 0.15) is 6.54 Å². The summed E-state index contributed by atoms with van der Waals surface area (Å²) >= 11 is 0. The predicted molar refractivity (Wildman–Crippen MR) is 116 cm³/mol. The van der Waals surface area contributed by atoms with E-state index in [0.717, 1.165) is 0 Å². The first-order chi connectivity index (χ1) is 15.0. The van der Waals surface area contributed by atoms with Gasteiger partial charge in [0.2, 0.25) is 11.8 Å². The molecule has 3 aromatic carbocycles. The second-order valence-electron chi connectivity index (χ2n) is 6.64. The Morgan fingerprint density at radius 1 is 0.968 bits per heavy atom. The monoisotopic (exact) mass is 415 g/mol. The summed E-state index contributed by atoms with van der Waals surface area (Å²) in [5.74, 6) is -0.587. The molecule has 0 unspecified atom stereocenters. The third-order valence-corrected chi connectivity index (χ3v) is 4.61. The molecular weight excluding hydrogens is 398 g/mol. The second kappa shape index (κ2) is 8.46. The normalized spacial score (nSPS) is 11.1. The summed E-state index contributed by atoms with van der Waals surface area (Å²) in [6.45, 7) is -0.151. The highest BCUT2D eigenvalue weighted by Crippen LogP contribution is 2.40. The number of amides is 1. The lowest BCUT2D eigenvalue weighted by Gasteiger charge is -2.08. The molecule has 1 aromatic heterocycles. The van der Waals surface area contributed by atoms with Crippen LogP contribution < -0.4 is 5.32 Å². The van der Waals surface area contributed by atoms with E-state index in [2.05, 4.69) is 15.5 Å². The number of anilines is 1. The first-order valence-corrected chi connectivity index (χ1v) is 9.35. The van der Waals surface area contributed by atoms with E-state index < -0.39 is 4.92 Å². The summed E-state index contributed by atoms with van der Waals surface area (Å²) in [5, 5.41) is 33.4. The minimum atomic E-state index is -0.550. The molecule has 31 heavy (non-hydrogen) atoms. The highest BCUT2D eigenvalue weighted by Gasteiger charge is 2.19. The van der Waals surface area contributed by atoms with Gasteiger partial charge < -0.3 is 15.0 Å². The zero-order valence-corrected chi connectivity index (χ0v) is 16.2. The average molecular weight is 415 g/mol. The minimum Gasteiger partial charge on any atom is -0.493 e. The van der Waals surface area contributed by atoms with Crippen molar-refractivity contribution in [2.45, 2.75) is 6.54 Å². The molecule has 9 nitrogen and oxygen atoms in total. The number of rotatable bonds is 6. The summed E-state index contributed by atoms with van der Waals surface area (Å²) in [5.41, 5.74) is 1.21. The van der Waals surface area contributed by atoms with Gasteiger partial charge in [-0.15, -0.1) is 10.2 Å². The van der Waals surface area contributed by atoms with Crippen molar-refractivity contribution < 1.29 is 14.8 Å². The van der Waals surface area contributed by atoms with Gasteiger partial charge in [-0.1, -0.05) is 48.5 Å². The number of nitro benzene ring substituents is 1. The van der Waals surface area contributed by atoms with E-state index in [1.165, 1.54) is 22.8 Å². The maximum atomic E-state index is 12.5. The van der Waals surface area contributed by atoms with Crippen LogP contribution in [0.3, 0.4) is 0 Å². The molecule has 9 heteroatoms. The maximum absolute atomic E-state index is 12.5. The number of carbonyl (C=O) groups excluding carboxylic acids is 1. The van der Waals surface area contributed by atoms with Crippen LogP contribution in [0, 0.1) is 10.1 Å². The number of hydrogen-bond acceptors (Lipinski definition) is 6. The highest BCUT2D eigenvalue weighted by molar-refractivity contribution is 5.97. The average Bonchev–Trinajstić information content (AvgIpc) is 3.04. The van der Waals surface area contributed by atoms with Gasteiger partial charge in [0.25, 0.3) is 5.69 Å². The summed E-state index contributed by atoms with van der Waals surface area (Å²) in [4.78, 5) is 23.2. The number of aromatic hydroxyl groups is 1. The number of fused-ring (bicyclic) bond motifs is 1. The van der Waals surface area contributed by atoms with Crippen molar-refractivity contribution in [2.75, 3.05) is 5.32 Å². The van der Waals surface area contributed by atoms with Gasteiger partial charge in [-0.3, -0.25) is 14.9 Å². The van der Waals surface area contributed by atoms with Crippen LogP contribution in [0.15, 0.2) is 89.1 Å². The number of nitrogens with zero attached hydrogens (tertiary/aromatic N) is 4. The number of benzene rings is 3. The van der Waals surface area contributed by atoms with Gasteiger partial charge in [0.05, 0.1) is 10.4 Å². The number of para-hydroxylation sites is 3. The van der Waals surface area contributed by atoms with Gasteiger partial charge in [-0.2, -0.15) is 0 Å². The van der Waals surface area contributed by atoms with E-state index in [4.69, 9.17) is 0 Å². The van der Waals surface area contributed by atoms with Crippen LogP contribution in [-0.4, -0.2) is 20.5 Å². The van der Waals surface area contributed by atoms with Crippen LogP contribution in [0.1, 0.15) is 0 Å².